The monoisotopic (exact) mass is 249 g/mol. The second-order valence-corrected chi connectivity index (χ2v) is 4.76. The van der Waals surface area contributed by atoms with Gasteiger partial charge < -0.3 is 14.8 Å². The fourth-order valence-electron chi connectivity index (χ4n) is 2.44. The fourth-order valence-corrected chi connectivity index (χ4v) is 2.44. The summed E-state index contributed by atoms with van der Waals surface area (Å²) >= 11 is 0. The van der Waals surface area contributed by atoms with Gasteiger partial charge in [0.25, 0.3) is 0 Å². The summed E-state index contributed by atoms with van der Waals surface area (Å²) in [5, 5.41) is 3.60. The minimum Gasteiger partial charge on any atom is -0.497 e. The summed E-state index contributed by atoms with van der Waals surface area (Å²) in [5.41, 5.74) is 1.29. The summed E-state index contributed by atoms with van der Waals surface area (Å²) in [4.78, 5) is 0. The first-order valence-corrected chi connectivity index (χ1v) is 6.84. The highest BCUT2D eigenvalue weighted by Crippen LogP contribution is 2.28. The molecule has 0 amide bonds. The van der Waals surface area contributed by atoms with Crippen molar-refractivity contribution in [1.82, 2.24) is 5.32 Å². The number of hydrogen-bond donors (Lipinski definition) is 1. The third kappa shape index (κ3) is 3.24. The highest BCUT2D eigenvalue weighted by Gasteiger charge is 2.26. The van der Waals surface area contributed by atoms with Crippen LogP contribution in [0.15, 0.2) is 24.3 Å². The topological polar surface area (TPSA) is 30.5 Å². The van der Waals surface area contributed by atoms with Crippen molar-refractivity contribution in [3.8, 4) is 5.75 Å². The Morgan fingerprint density at radius 2 is 2.17 bits per heavy atom. The van der Waals surface area contributed by atoms with Crippen LogP contribution < -0.4 is 10.1 Å². The molecule has 1 fully saturated rings. The van der Waals surface area contributed by atoms with Crippen molar-refractivity contribution in [1.29, 1.82) is 0 Å². The predicted molar refractivity (Wildman–Crippen MR) is 73.0 cm³/mol. The lowest BCUT2D eigenvalue weighted by molar-refractivity contribution is 0.0783. The van der Waals surface area contributed by atoms with Gasteiger partial charge in [0.2, 0.25) is 0 Å². The van der Waals surface area contributed by atoms with Gasteiger partial charge in [-0.05, 0) is 43.5 Å². The summed E-state index contributed by atoms with van der Waals surface area (Å²) in [5.74, 6) is 0.903. The lowest BCUT2D eigenvalue weighted by Gasteiger charge is -2.24. The maximum atomic E-state index is 5.83. The molecule has 1 aromatic rings. The van der Waals surface area contributed by atoms with E-state index in [1.54, 1.807) is 7.11 Å². The van der Waals surface area contributed by atoms with Crippen molar-refractivity contribution in [2.24, 2.45) is 0 Å². The summed E-state index contributed by atoms with van der Waals surface area (Å²) in [6.45, 7) is 4.11. The number of rotatable bonds is 6. The maximum absolute atomic E-state index is 5.83. The SMILES string of the molecule is CCCNC(c1ccc(OC)cc1)C1CCCO1. The van der Waals surface area contributed by atoms with Gasteiger partial charge in [-0.3, -0.25) is 0 Å². The molecular weight excluding hydrogens is 226 g/mol. The Bertz CT molecular complexity index is 344. The zero-order valence-electron chi connectivity index (χ0n) is 11.3. The first-order chi connectivity index (χ1) is 8.85. The highest BCUT2D eigenvalue weighted by molar-refractivity contribution is 5.29. The van der Waals surface area contributed by atoms with E-state index in [9.17, 15) is 0 Å². The van der Waals surface area contributed by atoms with Crippen molar-refractivity contribution >= 4 is 0 Å². The zero-order chi connectivity index (χ0) is 12.8. The predicted octanol–water partition coefficient (Wildman–Crippen LogP) is 2.91. The van der Waals surface area contributed by atoms with Crippen molar-refractivity contribution in [2.45, 2.75) is 38.3 Å². The van der Waals surface area contributed by atoms with E-state index >= 15 is 0 Å². The van der Waals surface area contributed by atoms with Crippen LogP contribution in [0.5, 0.6) is 5.75 Å². The van der Waals surface area contributed by atoms with E-state index in [-0.39, 0.29) is 0 Å². The van der Waals surface area contributed by atoms with E-state index in [0.717, 1.165) is 31.7 Å². The van der Waals surface area contributed by atoms with Crippen LogP contribution in [-0.4, -0.2) is 26.4 Å². The highest BCUT2D eigenvalue weighted by atomic mass is 16.5. The Morgan fingerprint density at radius 1 is 1.39 bits per heavy atom. The van der Waals surface area contributed by atoms with Gasteiger partial charge in [-0.15, -0.1) is 0 Å². The van der Waals surface area contributed by atoms with Crippen LogP contribution in [0.3, 0.4) is 0 Å². The van der Waals surface area contributed by atoms with Crippen molar-refractivity contribution < 1.29 is 9.47 Å². The van der Waals surface area contributed by atoms with Gasteiger partial charge in [0.1, 0.15) is 5.75 Å². The van der Waals surface area contributed by atoms with Crippen LogP contribution in [0.25, 0.3) is 0 Å². The molecule has 3 heteroatoms. The van der Waals surface area contributed by atoms with Crippen LogP contribution in [0.4, 0.5) is 0 Å². The first-order valence-electron chi connectivity index (χ1n) is 6.84. The van der Waals surface area contributed by atoms with Crippen LogP contribution >= 0.6 is 0 Å². The molecule has 0 saturated carbocycles. The molecule has 2 atom stereocenters. The van der Waals surface area contributed by atoms with Crippen LogP contribution in [-0.2, 0) is 4.74 Å². The van der Waals surface area contributed by atoms with Gasteiger partial charge in [-0.25, -0.2) is 0 Å². The molecule has 0 spiro atoms. The third-order valence-electron chi connectivity index (χ3n) is 3.43. The summed E-state index contributed by atoms with van der Waals surface area (Å²) in [6, 6.07) is 8.61. The Kier molecular flexibility index (Phi) is 5.02. The van der Waals surface area contributed by atoms with E-state index in [4.69, 9.17) is 9.47 Å². The largest absolute Gasteiger partial charge is 0.497 e. The third-order valence-corrected chi connectivity index (χ3v) is 3.43. The Hall–Kier alpha value is -1.06. The van der Waals surface area contributed by atoms with Gasteiger partial charge in [-0.2, -0.15) is 0 Å². The molecule has 2 unspecified atom stereocenters. The van der Waals surface area contributed by atoms with E-state index in [1.165, 1.54) is 12.0 Å². The molecule has 0 aliphatic carbocycles. The lowest BCUT2D eigenvalue weighted by Crippen LogP contribution is -2.32. The number of benzene rings is 1. The molecule has 0 radical (unpaired) electrons. The molecule has 0 bridgehead atoms. The Labute approximate surface area is 109 Å². The molecule has 1 N–H and O–H groups in total. The molecule has 1 aliphatic heterocycles. The minimum absolute atomic E-state index is 0.304. The molecule has 2 rings (SSSR count). The molecule has 0 aromatic heterocycles. The maximum Gasteiger partial charge on any atom is 0.118 e. The van der Waals surface area contributed by atoms with E-state index < -0.39 is 0 Å². The Balaban J connectivity index is 2.10. The molecule has 1 aromatic carbocycles. The summed E-state index contributed by atoms with van der Waals surface area (Å²) in [6.07, 6.45) is 3.77. The van der Waals surface area contributed by atoms with Crippen LogP contribution in [0, 0.1) is 0 Å². The average molecular weight is 249 g/mol. The van der Waals surface area contributed by atoms with Crippen molar-refractivity contribution in [3.05, 3.63) is 29.8 Å². The minimum atomic E-state index is 0.304. The number of ether oxygens (including phenoxy) is 2. The lowest BCUT2D eigenvalue weighted by atomic mass is 9.99. The first kappa shape index (κ1) is 13.4. The molecule has 18 heavy (non-hydrogen) atoms. The number of hydrogen-bond acceptors (Lipinski definition) is 3. The molecule has 3 nitrogen and oxygen atoms in total. The zero-order valence-corrected chi connectivity index (χ0v) is 11.3. The van der Waals surface area contributed by atoms with Crippen molar-refractivity contribution in [3.63, 3.8) is 0 Å². The normalized spacial score (nSPS) is 20.9. The van der Waals surface area contributed by atoms with Crippen molar-refractivity contribution in [2.75, 3.05) is 20.3 Å². The molecule has 1 aliphatic rings. The van der Waals surface area contributed by atoms with Gasteiger partial charge in [0.15, 0.2) is 0 Å². The van der Waals surface area contributed by atoms with E-state index in [0.29, 0.717) is 12.1 Å². The molecular formula is C15H23NO2. The molecule has 100 valence electrons. The molecule has 1 heterocycles. The smallest absolute Gasteiger partial charge is 0.118 e. The second kappa shape index (κ2) is 6.76. The number of methoxy groups -OCH3 is 1. The van der Waals surface area contributed by atoms with E-state index in [1.807, 2.05) is 12.1 Å². The van der Waals surface area contributed by atoms with Crippen LogP contribution in [0.1, 0.15) is 37.8 Å². The fraction of sp³-hybridized carbons (Fsp3) is 0.600. The average Bonchev–Trinajstić information content (AvgIpc) is 2.94. The summed E-state index contributed by atoms with van der Waals surface area (Å²) < 4.78 is 11.0. The van der Waals surface area contributed by atoms with Crippen LogP contribution in [0.2, 0.25) is 0 Å². The Morgan fingerprint density at radius 3 is 2.72 bits per heavy atom. The molecule has 1 saturated heterocycles. The van der Waals surface area contributed by atoms with Gasteiger partial charge in [0.05, 0.1) is 19.3 Å². The number of nitrogens with one attached hydrogen (secondary N) is 1. The van der Waals surface area contributed by atoms with E-state index in [2.05, 4.69) is 24.4 Å². The second-order valence-electron chi connectivity index (χ2n) is 4.76. The van der Waals surface area contributed by atoms with Gasteiger partial charge in [0, 0.05) is 6.61 Å². The van der Waals surface area contributed by atoms with Gasteiger partial charge >= 0.3 is 0 Å². The summed E-state index contributed by atoms with van der Waals surface area (Å²) in [7, 11) is 1.70. The quantitative estimate of drug-likeness (QED) is 0.841. The standard InChI is InChI=1S/C15H23NO2/c1-3-10-16-15(14-5-4-11-18-14)12-6-8-13(17-2)9-7-12/h6-9,14-16H,3-5,10-11H2,1-2H3. The van der Waals surface area contributed by atoms with Gasteiger partial charge in [-0.1, -0.05) is 19.1 Å².